The number of benzene rings is 1. The van der Waals surface area contributed by atoms with Crippen LogP contribution in [0.5, 0.6) is 5.75 Å². The van der Waals surface area contributed by atoms with Crippen LogP contribution in [0.2, 0.25) is 0 Å². The highest BCUT2D eigenvalue weighted by atomic mass is 19.2. The Balaban J connectivity index is 0.000000860. The molecule has 11 heteroatoms. The molecule has 1 aromatic carbocycles. The number of alkyl halides is 3. The standard InChI is InChI=1S/C19H19F3N4O2.2CH3F/c1-8-12(9-4-5-10(20)13(21)15(9)27-3)16(28-19(8,2)22)18-25-11-6-7-24-17(23)14(11)26-18;2*1-2/h4-8,12,16H,1-3H3,(H2,23,24)(H,25,26);2*1H3/t8?,12?,16-,19-;;/m1../s1. The molecule has 3 heterocycles. The van der Waals surface area contributed by atoms with Crippen LogP contribution in [-0.2, 0) is 4.74 Å². The lowest BCUT2D eigenvalue weighted by Crippen LogP contribution is -2.25. The van der Waals surface area contributed by atoms with Crippen molar-refractivity contribution in [3.63, 3.8) is 0 Å². The Morgan fingerprint density at radius 3 is 2.41 bits per heavy atom. The highest BCUT2D eigenvalue weighted by Gasteiger charge is 2.53. The van der Waals surface area contributed by atoms with Crippen molar-refractivity contribution in [2.24, 2.45) is 5.92 Å². The average molecular weight is 460 g/mol. The van der Waals surface area contributed by atoms with Gasteiger partial charge in [-0.2, -0.15) is 4.39 Å². The molecule has 0 bridgehead atoms. The molecular formula is C21H25F5N4O2. The number of fused-ring (bicyclic) bond motifs is 1. The van der Waals surface area contributed by atoms with Crippen LogP contribution in [0.3, 0.4) is 0 Å². The number of nitrogen functional groups attached to an aromatic ring is 1. The van der Waals surface area contributed by atoms with Gasteiger partial charge in [0.05, 0.1) is 27.0 Å². The second-order valence-electron chi connectivity index (χ2n) is 7.04. The third-order valence-corrected chi connectivity index (χ3v) is 5.40. The van der Waals surface area contributed by atoms with Crippen LogP contribution in [0.1, 0.15) is 37.3 Å². The average Bonchev–Trinajstić information content (AvgIpc) is 3.33. The Hall–Kier alpha value is -2.95. The van der Waals surface area contributed by atoms with E-state index in [9.17, 15) is 17.6 Å². The number of anilines is 1. The van der Waals surface area contributed by atoms with Gasteiger partial charge in [0.15, 0.2) is 17.4 Å². The zero-order chi connectivity index (χ0) is 24.2. The molecule has 1 aliphatic rings. The van der Waals surface area contributed by atoms with Crippen molar-refractivity contribution in [3.05, 3.63) is 47.4 Å². The summed E-state index contributed by atoms with van der Waals surface area (Å²) >= 11 is 0. The number of methoxy groups -OCH3 is 1. The fourth-order valence-corrected chi connectivity index (χ4v) is 3.80. The second-order valence-corrected chi connectivity index (χ2v) is 7.04. The predicted octanol–water partition coefficient (Wildman–Crippen LogP) is 5.18. The van der Waals surface area contributed by atoms with E-state index in [1.54, 1.807) is 13.0 Å². The topological polar surface area (TPSA) is 86.1 Å². The first-order valence-electron chi connectivity index (χ1n) is 9.49. The number of halogens is 5. The number of hydrogen-bond donors (Lipinski definition) is 2. The normalized spacial score (nSPS) is 24.4. The van der Waals surface area contributed by atoms with Crippen LogP contribution in [0, 0.1) is 17.6 Å². The number of hydrogen-bond acceptors (Lipinski definition) is 5. The fourth-order valence-electron chi connectivity index (χ4n) is 3.80. The number of aromatic amines is 1. The highest BCUT2D eigenvalue weighted by molar-refractivity contribution is 5.84. The summed E-state index contributed by atoms with van der Waals surface area (Å²) in [4.78, 5) is 11.5. The maximum absolute atomic E-state index is 15.1. The predicted molar refractivity (Wildman–Crippen MR) is 111 cm³/mol. The summed E-state index contributed by atoms with van der Waals surface area (Å²) in [7, 11) is 2.24. The molecule has 4 rings (SSSR count). The Kier molecular flexibility index (Phi) is 8.00. The number of nitrogens with two attached hydrogens (primary N) is 1. The smallest absolute Gasteiger partial charge is 0.210 e. The first kappa shape index (κ1) is 25.3. The molecule has 3 N–H and O–H groups in total. The Bertz CT molecular complexity index is 1060. The van der Waals surface area contributed by atoms with Crippen LogP contribution < -0.4 is 10.5 Å². The van der Waals surface area contributed by atoms with E-state index >= 15 is 4.39 Å². The minimum Gasteiger partial charge on any atom is -0.493 e. The van der Waals surface area contributed by atoms with Crippen molar-refractivity contribution in [2.75, 3.05) is 27.2 Å². The Labute approximate surface area is 182 Å². The Morgan fingerprint density at radius 2 is 1.81 bits per heavy atom. The monoisotopic (exact) mass is 460 g/mol. The van der Waals surface area contributed by atoms with Crippen molar-refractivity contribution in [3.8, 4) is 5.75 Å². The highest BCUT2D eigenvalue weighted by Crippen LogP contribution is 2.55. The van der Waals surface area contributed by atoms with Gasteiger partial charge < -0.3 is 20.2 Å². The molecule has 0 amide bonds. The van der Waals surface area contributed by atoms with Gasteiger partial charge in [-0.1, -0.05) is 13.0 Å². The van der Waals surface area contributed by atoms with Gasteiger partial charge in [0, 0.05) is 23.6 Å². The van der Waals surface area contributed by atoms with Crippen molar-refractivity contribution >= 4 is 16.9 Å². The van der Waals surface area contributed by atoms with Crippen molar-refractivity contribution < 1.29 is 31.4 Å². The lowest BCUT2D eigenvalue weighted by molar-refractivity contribution is -0.140. The minimum absolute atomic E-state index is 0.219. The van der Waals surface area contributed by atoms with Gasteiger partial charge in [-0.05, 0) is 19.1 Å². The summed E-state index contributed by atoms with van der Waals surface area (Å²) in [5.41, 5.74) is 7.20. The van der Waals surface area contributed by atoms with Crippen LogP contribution in [-0.4, -0.2) is 42.3 Å². The van der Waals surface area contributed by atoms with Gasteiger partial charge in [-0.25, -0.2) is 18.7 Å². The molecule has 0 spiro atoms. The molecule has 176 valence electrons. The van der Waals surface area contributed by atoms with E-state index in [0.717, 1.165) is 6.07 Å². The summed E-state index contributed by atoms with van der Waals surface area (Å²) in [6.07, 6.45) is 0.628. The van der Waals surface area contributed by atoms with Crippen molar-refractivity contribution in [2.45, 2.75) is 31.7 Å². The molecule has 0 radical (unpaired) electrons. The number of rotatable bonds is 3. The van der Waals surface area contributed by atoms with E-state index < -0.39 is 35.4 Å². The van der Waals surface area contributed by atoms with Crippen LogP contribution in [0.25, 0.3) is 11.0 Å². The van der Waals surface area contributed by atoms with Crippen molar-refractivity contribution in [1.82, 2.24) is 15.0 Å². The number of nitrogens with one attached hydrogen (secondary N) is 1. The molecule has 1 aliphatic heterocycles. The van der Waals surface area contributed by atoms with E-state index in [1.807, 2.05) is 0 Å². The zero-order valence-electron chi connectivity index (χ0n) is 18.2. The lowest BCUT2D eigenvalue weighted by atomic mass is 9.81. The first-order valence-corrected chi connectivity index (χ1v) is 9.49. The maximum Gasteiger partial charge on any atom is 0.210 e. The number of aromatic nitrogens is 3. The van der Waals surface area contributed by atoms with Gasteiger partial charge >= 0.3 is 0 Å². The summed E-state index contributed by atoms with van der Waals surface area (Å²) in [6, 6.07) is 4.06. The summed E-state index contributed by atoms with van der Waals surface area (Å²) < 4.78 is 72.9. The van der Waals surface area contributed by atoms with Gasteiger partial charge in [0.2, 0.25) is 11.7 Å². The van der Waals surface area contributed by atoms with E-state index in [1.165, 1.54) is 26.3 Å². The zero-order valence-corrected chi connectivity index (χ0v) is 18.2. The lowest BCUT2D eigenvalue weighted by Gasteiger charge is -2.23. The summed E-state index contributed by atoms with van der Waals surface area (Å²) in [5.74, 6) is -5.31. The number of H-pyrrole nitrogens is 1. The fraction of sp³-hybridized carbons (Fsp3) is 0.429. The summed E-state index contributed by atoms with van der Waals surface area (Å²) in [6.45, 7) is 2.94. The SMILES string of the molecule is CF.CF.COc1c(C2C(C)[C@](C)(F)O[C@H]2c2nc3c(N)nccc3[nH]2)ccc(F)c1F. The minimum atomic E-state index is -2.02. The molecule has 0 aliphatic carbocycles. The van der Waals surface area contributed by atoms with E-state index in [2.05, 4.69) is 15.0 Å². The summed E-state index contributed by atoms with van der Waals surface area (Å²) in [5, 5.41) is 0. The van der Waals surface area contributed by atoms with Gasteiger partial charge in [-0.3, -0.25) is 8.78 Å². The van der Waals surface area contributed by atoms with Crippen molar-refractivity contribution in [1.29, 1.82) is 0 Å². The molecule has 1 fully saturated rings. The van der Waals surface area contributed by atoms with Crippen LogP contribution in [0.15, 0.2) is 24.4 Å². The molecule has 2 aromatic heterocycles. The largest absolute Gasteiger partial charge is 0.493 e. The number of imidazole rings is 1. The maximum atomic E-state index is 15.1. The molecule has 32 heavy (non-hydrogen) atoms. The van der Waals surface area contributed by atoms with Crippen LogP contribution >= 0.6 is 0 Å². The van der Waals surface area contributed by atoms with E-state index in [0.29, 0.717) is 36.8 Å². The number of nitrogens with zero attached hydrogens (tertiary/aromatic N) is 2. The van der Waals surface area contributed by atoms with E-state index in [4.69, 9.17) is 15.2 Å². The van der Waals surface area contributed by atoms with Gasteiger partial charge in [-0.15, -0.1) is 0 Å². The second kappa shape index (κ2) is 10.1. The molecule has 1 saturated heterocycles. The number of pyridine rings is 1. The molecular weight excluding hydrogens is 435 g/mol. The molecule has 6 nitrogen and oxygen atoms in total. The van der Waals surface area contributed by atoms with E-state index in [-0.39, 0.29) is 11.6 Å². The quantitative estimate of drug-likeness (QED) is 0.527. The molecule has 3 aromatic rings. The molecule has 2 unspecified atom stereocenters. The van der Waals surface area contributed by atoms with Gasteiger partial charge in [0.1, 0.15) is 17.4 Å². The molecule has 0 saturated carbocycles. The van der Waals surface area contributed by atoms with Crippen LogP contribution in [0.4, 0.5) is 27.8 Å². The Morgan fingerprint density at radius 1 is 1.16 bits per heavy atom. The first-order chi connectivity index (χ1) is 15.2. The third kappa shape index (κ3) is 4.34. The third-order valence-electron chi connectivity index (χ3n) is 5.40. The number of ether oxygens (including phenoxy) is 2. The molecule has 4 atom stereocenters. The van der Waals surface area contributed by atoms with Gasteiger partial charge in [0.25, 0.3) is 0 Å².